The molecule has 0 bridgehead atoms. The first-order valence-electron chi connectivity index (χ1n) is 8.25. The van der Waals surface area contributed by atoms with Crippen LogP contribution in [0.25, 0.3) is 0 Å². The van der Waals surface area contributed by atoms with Crippen molar-refractivity contribution >= 4 is 11.8 Å². The van der Waals surface area contributed by atoms with Crippen LogP contribution < -0.4 is 5.32 Å². The Morgan fingerprint density at radius 3 is 2.64 bits per heavy atom. The first-order chi connectivity index (χ1) is 11.6. The lowest BCUT2D eigenvalue weighted by Gasteiger charge is -2.42. The number of halogens is 3. The summed E-state index contributed by atoms with van der Waals surface area (Å²) in [6.45, 7) is 2.97. The molecule has 2 rings (SSSR count). The molecule has 1 saturated heterocycles. The van der Waals surface area contributed by atoms with Crippen molar-refractivity contribution in [1.82, 2.24) is 19.8 Å². The van der Waals surface area contributed by atoms with Crippen LogP contribution in [0.5, 0.6) is 0 Å². The second-order valence-electron chi connectivity index (χ2n) is 6.82. The summed E-state index contributed by atoms with van der Waals surface area (Å²) in [6.07, 6.45) is 1.14. The molecule has 1 aromatic rings. The molecule has 1 unspecified atom stereocenters. The van der Waals surface area contributed by atoms with E-state index in [1.165, 1.54) is 17.1 Å². The van der Waals surface area contributed by atoms with Crippen LogP contribution in [0.4, 0.5) is 13.2 Å². The van der Waals surface area contributed by atoms with E-state index in [4.69, 9.17) is 0 Å². The first kappa shape index (κ1) is 19.3. The van der Waals surface area contributed by atoms with Crippen molar-refractivity contribution in [2.75, 3.05) is 19.6 Å². The van der Waals surface area contributed by atoms with Crippen LogP contribution in [-0.2, 0) is 15.1 Å². The smallest absolute Gasteiger partial charge is 0.345 e. The molecule has 1 atom stereocenters. The highest BCUT2D eigenvalue weighted by Gasteiger charge is 2.45. The molecule has 1 N–H and O–H groups in total. The summed E-state index contributed by atoms with van der Waals surface area (Å²) in [7, 11) is 0. The topological polar surface area (TPSA) is 67.2 Å². The van der Waals surface area contributed by atoms with Crippen LogP contribution in [0.1, 0.15) is 33.1 Å². The minimum Gasteiger partial charge on any atom is -0.345 e. The quantitative estimate of drug-likeness (QED) is 0.872. The lowest BCUT2D eigenvalue weighted by Crippen LogP contribution is -2.59. The number of nitrogens with zero attached hydrogens (tertiary/aromatic N) is 3. The largest absolute Gasteiger partial charge is 0.405 e. The monoisotopic (exact) mass is 360 g/mol. The minimum absolute atomic E-state index is 0.0403. The zero-order valence-corrected chi connectivity index (χ0v) is 14.3. The molecular formula is C16H23F3N4O2. The number of amides is 2. The number of hydrogen-bond donors (Lipinski definition) is 1. The zero-order valence-electron chi connectivity index (χ0n) is 14.3. The van der Waals surface area contributed by atoms with Gasteiger partial charge in [-0.05, 0) is 18.8 Å². The Balaban J connectivity index is 2.24. The summed E-state index contributed by atoms with van der Waals surface area (Å²) in [5.41, 5.74) is -1.27. The number of nitrogens with one attached hydrogen (secondary N) is 1. The summed E-state index contributed by atoms with van der Waals surface area (Å²) in [5.74, 6) is -0.677. The van der Waals surface area contributed by atoms with Gasteiger partial charge < -0.3 is 14.8 Å². The molecule has 0 saturated carbocycles. The Labute approximate surface area is 144 Å². The van der Waals surface area contributed by atoms with E-state index in [2.05, 4.69) is 4.98 Å². The predicted octanol–water partition coefficient (Wildman–Crippen LogP) is 1.93. The summed E-state index contributed by atoms with van der Waals surface area (Å²) in [6, 6.07) is 0. The van der Waals surface area contributed by atoms with E-state index in [1.807, 2.05) is 19.2 Å². The third-order valence-electron chi connectivity index (χ3n) is 4.28. The minimum atomic E-state index is -4.49. The van der Waals surface area contributed by atoms with E-state index in [9.17, 15) is 22.8 Å². The second kappa shape index (κ2) is 7.45. The number of carbonyl (C=O) groups excluding carboxylic acids is 2. The van der Waals surface area contributed by atoms with Crippen molar-refractivity contribution in [3.05, 3.63) is 18.7 Å². The van der Waals surface area contributed by atoms with E-state index in [-0.39, 0.29) is 18.4 Å². The van der Waals surface area contributed by atoms with Gasteiger partial charge in [-0.15, -0.1) is 0 Å². The molecular weight excluding hydrogens is 337 g/mol. The lowest BCUT2D eigenvalue weighted by molar-refractivity contribution is -0.148. The number of carbonyl (C=O) groups is 2. The summed E-state index contributed by atoms with van der Waals surface area (Å²) in [4.78, 5) is 30.5. The molecule has 0 aromatic carbocycles. The van der Waals surface area contributed by atoms with Gasteiger partial charge in [-0.3, -0.25) is 9.59 Å². The van der Waals surface area contributed by atoms with Crippen molar-refractivity contribution in [3.8, 4) is 0 Å². The number of rotatable bonds is 5. The maximum atomic E-state index is 12.7. The average molecular weight is 360 g/mol. The van der Waals surface area contributed by atoms with E-state index >= 15 is 0 Å². The number of hydrogen-bond acceptors (Lipinski definition) is 3. The molecule has 1 aliphatic heterocycles. The van der Waals surface area contributed by atoms with Crippen LogP contribution >= 0.6 is 0 Å². The fraction of sp³-hybridized carbons (Fsp3) is 0.688. The van der Waals surface area contributed by atoms with E-state index in [1.54, 1.807) is 11.1 Å². The standard InChI is InChI=1S/C16H23F3N4O2/c1-12(2)8-13(24)22-6-3-4-15(10-22,23-7-5-20-11-23)14(25)21-9-16(17,18)19/h5,7,11-12H,3-4,6,8-10H2,1-2H3,(H,21,25). The number of imidazole rings is 1. The van der Waals surface area contributed by atoms with Crippen LogP contribution in [-0.4, -0.2) is 52.1 Å². The molecule has 25 heavy (non-hydrogen) atoms. The normalized spacial score (nSPS) is 21.4. The van der Waals surface area contributed by atoms with Gasteiger partial charge in [0, 0.05) is 25.4 Å². The van der Waals surface area contributed by atoms with Gasteiger partial charge in [0.1, 0.15) is 12.1 Å². The van der Waals surface area contributed by atoms with Crippen molar-refractivity contribution in [3.63, 3.8) is 0 Å². The summed E-state index contributed by atoms with van der Waals surface area (Å²) in [5, 5.41) is 1.97. The lowest BCUT2D eigenvalue weighted by atomic mass is 9.87. The van der Waals surface area contributed by atoms with Crippen molar-refractivity contribution in [2.24, 2.45) is 5.92 Å². The first-order valence-corrected chi connectivity index (χ1v) is 8.25. The highest BCUT2D eigenvalue weighted by atomic mass is 19.4. The third kappa shape index (κ3) is 4.73. The number of alkyl halides is 3. The molecule has 1 aromatic heterocycles. The Bertz CT molecular complexity index is 601. The maximum absolute atomic E-state index is 12.7. The number of piperidine rings is 1. The van der Waals surface area contributed by atoms with E-state index in [0.29, 0.717) is 25.8 Å². The van der Waals surface area contributed by atoms with Crippen LogP contribution in [0.15, 0.2) is 18.7 Å². The molecule has 6 nitrogen and oxygen atoms in total. The molecule has 0 aliphatic carbocycles. The fourth-order valence-electron chi connectivity index (χ4n) is 3.10. The van der Waals surface area contributed by atoms with Crippen molar-refractivity contribution in [1.29, 1.82) is 0 Å². The number of likely N-dealkylation sites (tertiary alicyclic amines) is 1. The van der Waals surface area contributed by atoms with Crippen LogP contribution in [0.3, 0.4) is 0 Å². The third-order valence-corrected chi connectivity index (χ3v) is 4.28. The molecule has 1 aliphatic rings. The second-order valence-corrected chi connectivity index (χ2v) is 6.82. The van der Waals surface area contributed by atoms with Gasteiger partial charge in [-0.1, -0.05) is 13.8 Å². The number of aromatic nitrogens is 2. The van der Waals surface area contributed by atoms with Gasteiger partial charge in [-0.25, -0.2) is 4.98 Å². The van der Waals surface area contributed by atoms with Gasteiger partial charge in [0.15, 0.2) is 0 Å². The SMILES string of the molecule is CC(C)CC(=O)N1CCCC(C(=O)NCC(F)(F)F)(n2ccnc2)C1. The van der Waals surface area contributed by atoms with Crippen LogP contribution in [0.2, 0.25) is 0 Å². The average Bonchev–Trinajstić information content (AvgIpc) is 3.06. The Morgan fingerprint density at radius 1 is 1.36 bits per heavy atom. The highest BCUT2D eigenvalue weighted by Crippen LogP contribution is 2.30. The maximum Gasteiger partial charge on any atom is 0.405 e. The molecule has 1 fully saturated rings. The van der Waals surface area contributed by atoms with Gasteiger partial charge in [-0.2, -0.15) is 13.2 Å². The van der Waals surface area contributed by atoms with Crippen molar-refractivity contribution in [2.45, 2.75) is 44.8 Å². The molecule has 0 spiro atoms. The Morgan fingerprint density at radius 2 is 2.08 bits per heavy atom. The molecule has 140 valence electrons. The molecule has 9 heteroatoms. The molecule has 2 heterocycles. The van der Waals surface area contributed by atoms with E-state index in [0.717, 1.165) is 0 Å². The Hall–Kier alpha value is -2.06. The predicted molar refractivity (Wildman–Crippen MR) is 84.5 cm³/mol. The Kier molecular flexibility index (Phi) is 5.74. The van der Waals surface area contributed by atoms with Gasteiger partial charge >= 0.3 is 6.18 Å². The van der Waals surface area contributed by atoms with Gasteiger partial charge in [0.05, 0.1) is 12.9 Å². The summed E-state index contributed by atoms with van der Waals surface area (Å²) < 4.78 is 39.0. The van der Waals surface area contributed by atoms with Gasteiger partial charge in [0.2, 0.25) is 11.8 Å². The van der Waals surface area contributed by atoms with E-state index < -0.39 is 24.2 Å². The zero-order chi connectivity index (χ0) is 18.7. The molecule has 0 radical (unpaired) electrons. The summed E-state index contributed by atoms with van der Waals surface area (Å²) >= 11 is 0. The highest BCUT2D eigenvalue weighted by molar-refractivity contribution is 5.86. The fourth-order valence-corrected chi connectivity index (χ4v) is 3.10. The van der Waals surface area contributed by atoms with Gasteiger partial charge in [0.25, 0.3) is 0 Å². The van der Waals surface area contributed by atoms with Crippen molar-refractivity contribution < 1.29 is 22.8 Å². The van der Waals surface area contributed by atoms with Crippen LogP contribution in [0, 0.1) is 5.92 Å². The molecule has 2 amide bonds.